The van der Waals surface area contributed by atoms with Crippen LogP contribution in [0, 0.1) is 5.92 Å². The number of rotatable bonds is 4. The van der Waals surface area contributed by atoms with Crippen molar-refractivity contribution in [2.24, 2.45) is 5.92 Å². The summed E-state index contributed by atoms with van der Waals surface area (Å²) in [6.45, 7) is 2.27. The molecule has 0 spiro atoms. The molecule has 2 rings (SSSR count). The highest BCUT2D eigenvalue weighted by Gasteiger charge is 2.18. The largest absolute Gasteiger partial charge is 0.478 e. The molecule has 0 unspecified atom stereocenters. The van der Waals surface area contributed by atoms with Crippen LogP contribution in [0.5, 0.6) is 0 Å². The molecule has 1 aromatic carbocycles. The van der Waals surface area contributed by atoms with Crippen molar-refractivity contribution in [2.75, 3.05) is 30.8 Å². The quantitative estimate of drug-likeness (QED) is 0.662. The van der Waals surface area contributed by atoms with Crippen molar-refractivity contribution in [3.8, 4) is 0 Å². The number of anilines is 2. The van der Waals surface area contributed by atoms with Crippen molar-refractivity contribution in [3.63, 3.8) is 0 Å². The fraction of sp³-hybridized carbons (Fsp3) is 0.364. The maximum atomic E-state index is 10.8. The molecule has 86 valence electrons. The Morgan fingerprint density at radius 1 is 1.56 bits per heavy atom. The standard InChI is InChI=1S/C11H14N2O3/c12-9-2-1-8(11(14)15)3-10(9)13-4-7-5-16-6-7/h1-3,7,13H,4-6,12H2,(H,14,15). The van der Waals surface area contributed by atoms with Crippen LogP contribution in [0.4, 0.5) is 11.4 Å². The Morgan fingerprint density at radius 3 is 2.88 bits per heavy atom. The van der Waals surface area contributed by atoms with Crippen molar-refractivity contribution < 1.29 is 14.6 Å². The fourth-order valence-electron chi connectivity index (χ4n) is 1.50. The zero-order valence-electron chi connectivity index (χ0n) is 8.77. The smallest absolute Gasteiger partial charge is 0.335 e. The maximum Gasteiger partial charge on any atom is 0.335 e. The molecule has 1 aliphatic rings. The van der Waals surface area contributed by atoms with E-state index in [1.807, 2.05) is 0 Å². The lowest BCUT2D eigenvalue weighted by molar-refractivity contribution is -0.0248. The second-order valence-corrected chi connectivity index (χ2v) is 3.89. The highest BCUT2D eigenvalue weighted by atomic mass is 16.5. The molecule has 16 heavy (non-hydrogen) atoms. The Hall–Kier alpha value is -1.75. The van der Waals surface area contributed by atoms with Crippen LogP contribution in [-0.4, -0.2) is 30.8 Å². The summed E-state index contributed by atoms with van der Waals surface area (Å²) in [7, 11) is 0. The summed E-state index contributed by atoms with van der Waals surface area (Å²) >= 11 is 0. The first-order valence-corrected chi connectivity index (χ1v) is 5.11. The van der Waals surface area contributed by atoms with Crippen LogP contribution in [0.3, 0.4) is 0 Å². The number of carboxylic acid groups (broad SMARTS) is 1. The number of nitrogens with two attached hydrogens (primary N) is 1. The Morgan fingerprint density at radius 2 is 2.31 bits per heavy atom. The number of nitrogen functional groups attached to an aromatic ring is 1. The number of aromatic carboxylic acids is 1. The van der Waals surface area contributed by atoms with Gasteiger partial charge in [-0.2, -0.15) is 0 Å². The van der Waals surface area contributed by atoms with Gasteiger partial charge < -0.3 is 20.9 Å². The number of carbonyl (C=O) groups is 1. The lowest BCUT2D eigenvalue weighted by atomic mass is 10.1. The lowest BCUT2D eigenvalue weighted by Gasteiger charge is -2.26. The Kier molecular flexibility index (Phi) is 2.96. The van der Waals surface area contributed by atoms with E-state index in [1.165, 1.54) is 6.07 Å². The zero-order chi connectivity index (χ0) is 11.5. The van der Waals surface area contributed by atoms with Gasteiger partial charge in [-0.25, -0.2) is 4.79 Å². The number of hydrogen-bond donors (Lipinski definition) is 3. The summed E-state index contributed by atoms with van der Waals surface area (Å²) in [5, 5.41) is 12.0. The molecule has 1 aromatic rings. The lowest BCUT2D eigenvalue weighted by Crippen LogP contribution is -2.33. The highest BCUT2D eigenvalue weighted by molar-refractivity contribution is 5.90. The average Bonchev–Trinajstić information content (AvgIpc) is 2.18. The molecular weight excluding hydrogens is 208 g/mol. The second kappa shape index (κ2) is 4.40. The van der Waals surface area contributed by atoms with Crippen LogP contribution >= 0.6 is 0 Å². The molecule has 0 saturated carbocycles. The molecule has 1 heterocycles. The minimum absolute atomic E-state index is 0.238. The third-order valence-corrected chi connectivity index (χ3v) is 2.59. The summed E-state index contributed by atoms with van der Waals surface area (Å²) in [5.41, 5.74) is 7.22. The van der Waals surface area contributed by atoms with Gasteiger partial charge in [0.1, 0.15) is 0 Å². The van der Waals surface area contributed by atoms with Gasteiger partial charge in [0.15, 0.2) is 0 Å². The molecule has 0 bridgehead atoms. The maximum absolute atomic E-state index is 10.8. The Labute approximate surface area is 93.2 Å². The van der Waals surface area contributed by atoms with Crippen LogP contribution in [0.2, 0.25) is 0 Å². The van der Waals surface area contributed by atoms with E-state index >= 15 is 0 Å². The minimum Gasteiger partial charge on any atom is -0.478 e. The van der Waals surface area contributed by atoms with E-state index in [1.54, 1.807) is 12.1 Å². The van der Waals surface area contributed by atoms with Gasteiger partial charge in [0.2, 0.25) is 0 Å². The van der Waals surface area contributed by atoms with Crippen molar-refractivity contribution in [2.45, 2.75) is 0 Å². The molecule has 1 fully saturated rings. The summed E-state index contributed by atoms with van der Waals surface area (Å²) in [5.74, 6) is -0.456. The third-order valence-electron chi connectivity index (χ3n) is 2.59. The van der Waals surface area contributed by atoms with Crippen LogP contribution in [-0.2, 0) is 4.74 Å². The van der Waals surface area contributed by atoms with E-state index in [9.17, 15) is 4.79 Å². The first-order chi connectivity index (χ1) is 7.66. The predicted octanol–water partition coefficient (Wildman–Crippen LogP) is 1.03. The second-order valence-electron chi connectivity index (χ2n) is 3.89. The molecule has 5 heteroatoms. The Balaban J connectivity index is 2.05. The van der Waals surface area contributed by atoms with Crippen molar-refractivity contribution in [1.29, 1.82) is 0 Å². The van der Waals surface area contributed by atoms with E-state index in [2.05, 4.69) is 5.32 Å². The van der Waals surface area contributed by atoms with Crippen LogP contribution in [0.1, 0.15) is 10.4 Å². The van der Waals surface area contributed by atoms with Gasteiger partial charge in [0.25, 0.3) is 0 Å². The molecule has 0 aliphatic carbocycles. The molecular formula is C11H14N2O3. The number of hydrogen-bond acceptors (Lipinski definition) is 4. The third kappa shape index (κ3) is 2.25. The molecule has 0 radical (unpaired) electrons. The number of carboxylic acids is 1. The topological polar surface area (TPSA) is 84.6 Å². The molecule has 0 atom stereocenters. The Bertz CT molecular complexity index is 402. The van der Waals surface area contributed by atoms with E-state index in [0.29, 0.717) is 17.3 Å². The van der Waals surface area contributed by atoms with Crippen LogP contribution in [0.15, 0.2) is 18.2 Å². The van der Waals surface area contributed by atoms with Crippen LogP contribution in [0.25, 0.3) is 0 Å². The van der Waals surface area contributed by atoms with Gasteiger partial charge in [0, 0.05) is 12.5 Å². The van der Waals surface area contributed by atoms with Gasteiger partial charge in [-0.05, 0) is 18.2 Å². The van der Waals surface area contributed by atoms with Gasteiger partial charge in [-0.1, -0.05) is 0 Å². The number of ether oxygens (including phenoxy) is 1. The van der Waals surface area contributed by atoms with Gasteiger partial charge in [0.05, 0.1) is 30.2 Å². The molecule has 0 aromatic heterocycles. The average molecular weight is 222 g/mol. The molecule has 4 N–H and O–H groups in total. The number of nitrogens with one attached hydrogen (secondary N) is 1. The molecule has 1 saturated heterocycles. The highest BCUT2D eigenvalue weighted by Crippen LogP contribution is 2.21. The van der Waals surface area contributed by atoms with Gasteiger partial charge in [-0.15, -0.1) is 0 Å². The first-order valence-electron chi connectivity index (χ1n) is 5.11. The minimum atomic E-state index is -0.949. The van der Waals surface area contributed by atoms with E-state index in [4.69, 9.17) is 15.6 Å². The van der Waals surface area contributed by atoms with E-state index < -0.39 is 5.97 Å². The van der Waals surface area contributed by atoms with Crippen LogP contribution < -0.4 is 11.1 Å². The SMILES string of the molecule is Nc1ccc(C(=O)O)cc1NCC1COC1. The van der Waals surface area contributed by atoms with Crippen molar-refractivity contribution >= 4 is 17.3 Å². The first kappa shape index (κ1) is 10.8. The zero-order valence-corrected chi connectivity index (χ0v) is 8.77. The molecule has 5 nitrogen and oxygen atoms in total. The summed E-state index contributed by atoms with van der Waals surface area (Å²) in [4.78, 5) is 10.8. The van der Waals surface area contributed by atoms with Crippen molar-refractivity contribution in [3.05, 3.63) is 23.8 Å². The summed E-state index contributed by atoms with van der Waals surface area (Å²) in [6.07, 6.45) is 0. The van der Waals surface area contributed by atoms with Gasteiger partial charge >= 0.3 is 5.97 Å². The predicted molar refractivity (Wildman–Crippen MR) is 60.6 cm³/mol. The molecule has 0 amide bonds. The van der Waals surface area contributed by atoms with E-state index in [0.717, 1.165) is 19.8 Å². The van der Waals surface area contributed by atoms with Gasteiger partial charge in [-0.3, -0.25) is 0 Å². The van der Waals surface area contributed by atoms with Crippen molar-refractivity contribution in [1.82, 2.24) is 0 Å². The summed E-state index contributed by atoms with van der Waals surface area (Å²) in [6, 6.07) is 4.65. The monoisotopic (exact) mass is 222 g/mol. The fourth-order valence-corrected chi connectivity index (χ4v) is 1.50. The number of benzene rings is 1. The van der Waals surface area contributed by atoms with E-state index in [-0.39, 0.29) is 5.56 Å². The normalized spacial score (nSPS) is 15.5. The molecule has 1 aliphatic heterocycles. The summed E-state index contributed by atoms with van der Waals surface area (Å²) < 4.78 is 5.05.